The van der Waals surface area contributed by atoms with Crippen molar-refractivity contribution in [3.63, 3.8) is 0 Å². The van der Waals surface area contributed by atoms with Gasteiger partial charge in [0.2, 0.25) is 0 Å². The van der Waals surface area contributed by atoms with Crippen molar-refractivity contribution in [2.45, 2.75) is 12.6 Å². The number of halogens is 1. The molecule has 0 spiro atoms. The molecule has 182 valence electrons. The van der Waals surface area contributed by atoms with Crippen LogP contribution in [0.15, 0.2) is 121 Å². The highest BCUT2D eigenvalue weighted by atomic mass is 19.1. The Labute approximate surface area is 216 Å². The molecule has 0 bridgehead atoms. The van der Waals surface area contributed by atoms with Crippen molar-refractivity contribution in [1.82, 2.24) is 0 Å². The second-order valence-corrected chi connectivity index (χ2v) is 9.07. The van der Waals surface area contributed by atoms with Crippen LogP contribution in [0.5, 0.6) is 11.5 Å². The number of hydrogen-bond acceptors (Lipinski definition) is 3. The van der Waals surface area contributed by atoms with Crippen molar-refractivity contribution in [3.8, 4) is 22.6 Å². The second kappa shape index (κ2) is 9.82. The van der Waals surface area contributed by atoms with Crippen molar-refractivity contribution in [1.29, 1.82) is 0 Å². The molecule has 0 N–H and O–H groups in total. The van der Waals surface area contributed by atoms with Gasteiger partial charge >= 0.3 is 0 Å². The van der Waals surface area contributed by atoms with Crippen LogP contribution >= 0.6 is 0 Å². The van der Waals surface area contributed by atoms with Gasteiger partial charge in [-0.25, -0.2) is 4.39 Å². The van der Waals surface area contributed by atoms with Crippen LogP contribution in [0.25, 0.3) is 11.1 Å². The smallest absolute Gasteiger partial charge is 0.150 e. The minimum absolute atomic E-state index is 0.287. The maximum Gasteiger partial charge on any atom is 0.150 e. The van der Waals surface area contributed by atoms with E-state index in [2.05, 4.69) is 59.5 Å². The number of para-hydroxylation sites is 1. The third-order valence-electron chi connectivity index (χ3n) is 6.75. The Morgan fingerprint density at radius 3 is 2.27 bits per heavy atom. The van der Waals surface area contributed by atoms with Crippen molar-refractivity contribution in [2.24, 2.45) is 0 Å². The standard InChI is InChI=1S/C33H26FNO2/c1-36-30-16-9-17-31-32(30)28-19-18-27(21-29(28)33(37-31)24-12-8-13-25(34)20-24)35(26-14-6-3-7-15-26)22-23-10-4-2-5-11-23/h2-21,33H,22H2,1H3. The largest absolute Gasteiger partial charge is 0.496 e. The van der Waals surface area contributed by atoms with Crippen LogP contribution < -0.4 is 14.4 Å². The van der Waals surface area contributed by atoms with Crippen LogP contribution in [-0.2, 0) is 6.54 Å². The van der Waals surface area contributed by atoms with Gasteiger partial charge in [0.25, 0.3) is 0 Å². The minimum Gasteiger partial charge on any atom is -0.496 e. The average Bonchev–Trinajstić information content (AvgIpc) is 2.96. The Morgan fingerprint density at radius 2 is 1.51 bits per heavy atom. The summed E-state index contributed by atoms with van der Waals surface area (Å²) in [5, 5.41) is 0. The van der Waals surface area contributed by atoms with E-state index in [-0.39, 0.29) is 5.82 Å². The van der Waals surface area contributed by atoms with Gasteiger partial charge in [-0.15, -0.1) is 0 Å². The van der Waals surface area contributed by atoms with Crippen molar-refractivity contribution in [2.75, 3.05) is 12.0 Å². The second-order valence-electron chi connectivity index (χ2n) is 9.07. The zero-order valence-electron chi connectivity index (χ0n) is 20.5. The van der Waals surface area contributed by atoms with E-state index in [0.717, 1.165) is 45.1 Å². The number of benzene rings is 5. The fourth-order valence-corrected chi connectivity index (χ4v) is 5.02. The normalized spacial score (nSPS) is 13.7. The highest BCUT2D eigenvalue weighted by molar-refractivity contribution is 5.83. The van der Waals surface area contributed by atoms with E-state index >= 15 is 0 Å². The predicted octanol–water partition coefficient (Wildman–Crippen LogP) is 8.32. The van der Waals surface area contributed by atoms with E-state index in [1.165, 1.54) is 11.6 Å². The van der Waals surface area contributed by atoms with Gasteiger partial charge in [0.15, 0.2) is 0 Å². The van der Waals surface area contributed by atoms with E-state index in [1.807, 2.05) is 48.5 Å². The number of anilines is 2. The third kappa shape index (κ3) is 4.43. The molecule has 0 fully saturated rings. The lowest BCUT2D eigenvalue weighted by atomic mass is 9.88. The summed E-state index contributed by atoms with van der Waals surface area (Å²) in [6.07, 6.45) is -0.459. The van der Waals surface area contributed by atoms with Gasteiger partial charge < -0.3 is 14.4 Å². The van der Waals surface area contributed by atoms with Crippen LogP contribution in [0.2, 0.25) is 0 Å². The zero-order valence-corrected chi connectivity index (χ0v) is 20.5. The number of hydrogen-bond donors (Lipinski definition) is 0. The van der Waals surface area contributed by atoms with Gasteiger partial charge in [-0.2, -0.15) is 0 Å². The molecule has 0 radical (unpaired) electrons. The molecule has 1 heterocycles. The Balaban J connectivity index is 1.53. The molecule has 3 nitrogen and oxygen atoms in total. The lowest BCUT2D eigenvalue weighted by Crippen LogP contribution is -2.19. The summed E-state index contributed by atoms with van der Waals surface area (Å²) in [5.74, 6) is 1.18. The zero-order chi connectivity index (χ0) is 25.2. The molecule has 37 heavy (non-hydrogen) atoms. The van der Waals surface area contributed by atoms with E-state index in [4.69, 9.17) is 9.47 Å². The Morgan fingerprint density at radius 1 is 0.757 bits per heavy atom. The lowest BCUT2D eigenvalue weighted by Gasteiger charge is -2.32. The molecular formula is C33H26FNO2. The summed E-state index contributed by atoms with van der Waals surface area (Å²) >= 11 is 0. The lowest BCUT2D eigenvalue weighted by molar-refractivity contribution is 0.241. The predicted molar refractivity (Wildman–Crippen MR) is 146 cm³/mol. The molecule has 4 heteroatoms. The van der Waals surface area contributed by atoms with Gasteiger partial charge in [-0.3, -0.25) is 0 Å². The molecule has 0 aromatic heterocycles. The molecule has 0 amide bonds. The number of nitrogens with zero attached hydrogens (tertiary/aromatic N) is 1. The van der Waals surface area contributed by atoms with E-state index in [0.29, 0.717) is 6.54 Å². The molecule has 1 unspecified atom stereocenters. The van der Waals surface area contributed by atoms with Gasteiger partial charge in [0, 0.05) is 23.5 Å². The SMILES string of the molecule is COc1cccc2c1-c1ccc(N(Cc3ccccc3)c3ccccc3)cc1C(c1cccc(F)c1)O2. The first-order valence-corrected chi connectivity index (χ1v) is 12.3. The molecule has 1 aliphatic rings. The summed E-state index contributed by atoms with van der Waals surface area (Å²) in [5.41, 5.74) is 6.97. The fourth-order valence-electron chi connectivity index (χ4n) is 5.02. The van der Waals surface area contributed by atoms with Crippen LogP contribution in [0.4, 0.5) is 15.8 Å². The van der Waals surface area contributed by atoms with Crippen LogP contribution in [0, 0.1) is 5.82 Å². The minimum atomic E-state index is -0.459. The van der Waals surface area contributed by atoms with E-state index < -0.39 is 6.10 Å². The number of ether oxygens (including phenoxy) is 2. The highest BCUT2D eigenvalue weighted by Crippen LogP contribution is 2.50. The van der Waals surface area contributed by atoms with Gasteiger partial charge in [0.1, 0.15) is 23.4 Å². The molecule has 5 aromatic rings. The monoisotopic (exact) mass is 487 g/mol. The first-order valence-electron chi connectivity index (χ1n) is 12.3. The Bertz CT molecular complexity index is 1540. The summed E-state index contributed by atoms with van der Waals surface area (Å²) in [6, 6.07) is 39.6. The first-order chi connectivity index (χ1) is 18.2. The van der Waals surface area contributed by atoms with Crippen LogP contribution in [0.1, 0.15) is 22.8 Å². The van der Waals surface area contributed by atoms with E-state index in [1.54, 1.807) is 19.2 Å². The molecular weight excluding hydrogens is 461 g/mol. The number of fused-ring (bicyclic) bond motifs is 3. The summed E-state index contributed by atoms with van der Waals surface area (Å²) in [4.78, 5) is 2.29. The molecule has 0 saturated carbocycles. The fraction of sp³-hybridized carbons (Fsp3) is 0.0909. The molecule has 1 atom stereocenters. The molecule has 0 saturated heterocycles. The van der Waals surface area contributed by atoms with Gasteiger partial charge in [0.05, 0.1) is 12.7 Å². The highest BCUT2D eigenvalue weighted by Gasteiger charge is 2.30. The Hall–Kier alpha value is -4.57. The van der Waals surface area contributed by atoms with Crippen LogP contribution in [-0.4, -0.2) is 7.11 Å². The van der Waals surface area contributed by atoms with Gasteiger partial charge in [-0.1, -0.05) is 72.8 Å². The van der Waals surface area contributed by atoms with Crippen molar-refractivity contribution >= 4 is 11.4 Å². The maximum atomic E-state index is 14.3. The molecule has 5 aromatic carbocycles. The topological polar surface area (TPSA) is 21.7 Å². The summed E-state index contributed by atoms with van der Waals surface area (Å²) in [7, 11) is 1.67. The van der Waals surface area contributed by atoms with Crippen molar-refractivity contribution in [3.05, 3.63) is 144 Å². The summed E-state index contributed by atoms with van der Waals surface area (Å²) in [6.45, 7) is 0.703. The third-order valence-corrected chi connectivity index (χ3v) is 6.75. The molecule has 0 aliphatic carbocycles. The quantitative estimate of drug-likeness (QED) is 0.240. The van der Waals surface area contributed by atoms with Gasteiger partial charge in [-0.05, 0) is 65.2 Å². The van der Waals surface area contributed by atoms with Crippen LogP contribution in [0.3, 0.4) is 0 Å². The first kappa shape index (κ1) is 22.9. The molecule has 6 rings (SSSR count). The Kier molecular flexibility index (Phi) is 6.07. The van der Waals surface area contributed by atoms with Crippen molar-refractivity contribution < 1.29 is 13.9 Å². The number of methoxy groups -OCH3 is 1. The molecule has 1 aliphatic heterocycles. The van der Waals surface area contributed by atoms with E-state index in [9.17, 15) is 4.39 Å². The average molecular weight is 488 g/mol. The summed E-state index contributed by atoms with van der Waals surface area (Å²) < 4.78 is 26.5. The number of rotatable bonds is 6. The maximum absolute atomic E-state index is 14.3.